The molecule has 1 aliphatic heterocycles. The lowest BCUT2D eigenvalue weighted by Gasteiger charge is -2.31. The van der Waals surface area contributed by atoms with E-state index in [9.17, 15) is 4.79 Å². The van der Waals surface area contributed by atoms with Gasteiger partial charge in [0, 0.05) is 35.2 Å². The van der Waals surface area contributed by atoms with Crippen LogP contribution in [0.3, 0.4) is 0 Å². The van der Waals surface area contributed by atoms with Gasteiger partial charge in [0.15, 0.2) is 0 Å². The van der Waals surface area contributed by atoms with Crippen LogP contribution in [0.4, 0.5) is 5.69 Å². The molecule has 144 valence electrons. The van der Waals surface area contributed by atoms with Crippen molar-refractivity contribution in [3.8, 4) is 0 Å². The number of hydrogen-bond donors (Lipinski definition) is 1. The fraction of sp³-hybridized carbons (Fsp3) is 0.409. The van der Waals surface area contributed by atoms with Gasteiger partial charge in [-0.15, -0.1) is 11.8 Å². The number of para-hydroxylation sites is 1. The molecule has 2 aromatic rings. The molecule has 3 rings (SSSR count). The van der Waals surface area contributed by atoms with Crippen LogP contribution in [0.25, 0.3) is 0 Å². The monoisotopic (exact) mass is 402 g/mol. The Morgan fingerprint density at radius 2 is 2.00 bits per heavy atom. The molecule has 0 saturated carbocycles. The Morgan fingerprint density at radius 3 is 2.78 bits per heavy atom. The zero-order chi connectivity index (χ0) is 19.1. The average molecular weight is 403 g/mol. The predicted octanol–water partition coefficient (Wildman–Crippen LogP) is 5.17. The second kappa shape index (κ2) is 10.0. The predicted molar refractivity (Wildman–Crippen MR) is 116 cm³/mol. The lowest BCUT2D eigenvalue weighted by atomic mass is 10.0. The number of carbonyl (C=O) groups is 1. The van der Waals surface area contributed by atoms with Crippen molar-refractivity contribution in [1.82, 2.24) is 5.32 Å². The second-order valence-electron chi connectivity index (χ2n) is 6.83. The number of nitrogens with one attached hydrogen (secondary N) is 1. The molecule has 0 spiro atoms. The number of fused-ring (bicyclic) bond motifs is 1. The first-order valence-corrected chi connectivity index (χ1v) is 11.0. The molecule has 3 nitrogen and oxygen atoms in total. The molecular weight excluding hydrogens is 376 g/mol. The van der Waals surface area contributed by atoms with E-state index in [0.717, 1.165) is 42.4 Å². The number of carbonyl (C=O) groups excluding carboxylic acids is 1. The van der Waals surface area contributed by atoms with Gasteiger partial charge < -0.3 is 10.2 Å². The second-order valence-corrected chi connectivity index (χ2v) is 8.55. The Kier molecular flexibility index (Phi) is 7.48. The highest BCUT2D eigenvalue weighted by molar-refractivity contribution is 8.00. The molecule has 1 N–H and O–H groups in total. The van der Waals surface area contributed by atoms with Crippen LogP contribution in [0, 0.1) is 0 Å². The molecule has 0 fully saturated rings. The van der Waals surface area contributed by atoms with Crippen molar-refractivity contribution >= 4 is 35.0 Å². The first-order chi connectivity index (χ1) is 13.2. The molecule has 0 saturated heterocycles. The topological polar surface area (TPSA) is 32.3 Å². The van der Waals surface area contributed by atoms with Gasteiger partial charge in [0.2, 0.25) is 5.91 Å². The summed E-state index contributed by atoms with van der Waals surface area (Å²) in [6.07, 6.45) is 4.14. The lowest BCUT2D eigenvalue weighted by molar-refractivity contribution is -0.120. The highest BCUT2D eigenvalue weighted by atomic mass is 35.5. The maximum Gasteiger partial charge on any atom is 0.233 e. The standard InChI is InChI=1S/C22H27ClN2OS/c1-2-21(27-19-12-10-18(23)11-13-19)22(26)24-14-6-16-25-15-5-8-17-7-3-4-9-20(17)25/h3-4,7,9-13,21H,2,5-6,8,14-16H2,1H3,(H,24,26)/t21-/m0/s1. The van der Waals surface area contributed by atoms with Crippen LogP contribution >= 0.6 is 23.4 Å². The van der Waals surface area contributed by atoms with E-state index < -0.39 is 0 Å². The van der Waals surface area contributed by atoms with Crippen LogP contribution < -0.4 is 10.2 Å². The molecule has 0 aromatic heterocycles. The number of thioether (sulfide) groups is 1. The quantitative estimate of drug-likeness (QED) is 0.488. The van der Waals surface area contributed by atoms with Gasteiger partial charge in [-0.2, -0.15) is 0 Å². The molecular formula is C22H27ClN2OS. The molecule has 2 aromatic carbocycles. The van der Waals surface area contributed by atoms with Crippen LogP contribution in [0.15, 0.2) is 53.4 Å². The van der Waals surface area contributed by atoms with Crippen LogP contribution in [0.5, 0.6) is 0 Å². The maximum absolute atomic E-state index is 12.5. The largest absolute Gasteiger partial charge is 0.371 e. The molecule has 1 atom stereocenters. The summed E-state index contributed by atoms with van der Waals surface area (Å²) in [4.78, 5) is 16.0. The van der Waals surface area contributed by atoms with Gasteiger partial charge in [-0.05, 0) is 61.6 Å². The molecule has 0 radical (unpaired) electrons. The van der Waals surface area contributed by atoms with Crippen LogP contribution in [-0.2, 0) is 11.2 Å². The maximum atomic E-state index is 12.5. The van der Waals surface area contributed by atoms with Gasteiger partial charge in [-0.3, -0.25) is 4.79 Å². The summed E-state index contributed by atoms with van der Waals surface area (Å²) in [7, 11) is 0. The number of hydrogen-bond acceptors (Lipinski definition) is 3. The van der Waals surface area contributed by atoms with Crippen LogP contribution in [0.2, 0.25) is 5.02 Å². The number of benzene rings is 2. The van der Waals surface area contributed by atoms with Crippen LogP contribution in [-0.4, -0.2) is 30.8 Å². The molecule has 1 amide bonds. The molecule has 5 heteroatoms. The van der Waals surface area contributed by atoms with E-state index in [1.807, 2.05) is 24.3 Å². The van der Waals surface area contributed by atoms with Crippen molar-refractivity contribution in [2.24, 2.45) is 0 Å². The average Bonchev–Trinajstić information content (AvgIpc) is 2.70. The molecule has 27 heavy (non-hydrogen) atoms. The zero-order valence-corrected chi connectivity index (χ0v) is 17.4. The summed E-state index contributed by atoms with van der Waals surface area (Å²) in [6.45, 7) is 4.86. The molecule has 1 aliphatic rings. The first kappa shape index (κ1) is 20.1. The highest BCUT2D eigenvalue weighted by Crippen LogP contribution is 2.27. The number of aryl methyl sites for hydroxylation is 1. The number of anilines is 1. The van der Waals surface area contributed by atoms with E-state index >= 15 is 0 Å². The van der Waals surface area contributed by atoms with E-state index in [2.05, 4.69) is 41.4 Å². The molecule has 0 bridgehead atoms. The van der Waals surface area contributed by atoms with E-state index in [-0.39, 0.29) is 11.2 Å². The van der Waals surface area contributed by atoms with Crippen molar-refractivity contribution in [2.75, 3.05) is 24.5 Å². The Labute approximate surface area is 171 Å². The minimum atomic E-state index is -0.0677. The Morgan fingerprint density at radius 1 is 1.22 bits per heavy atom. The Hall–Kier alpha value is -1.65. The molecule has 1 heterocycles. The minimum absolute atomic E-state index is 0.0677. The summed E-state index contributed by atoms with van der Waals surface area (Å²) >= 11 is 7.53. The zero-order valence-electron chi connectivity index (χ0n) is 15.8. The first-order valence-electron chi connectivity index (χ1n) is 9.70. The van der Waals surface area contributed by atoms with E-state index in [1.165, 1.54) is 24.1 Å². The van der Waals surface area contributed by atoms with Gasteiger partial charge in [0.05, 0.1) is 5.25 Å². The number of amides is 1. The third-order valence-corrected chi connectivity index (χ3v) is 6.49. The molecule has 0 unspecified atom stereocenters. The summed E-state index contributed by atoms with van der Waals surface area (Å²) < 4.78 is 0. The lowest BCUT2D eigenvalue weighted by Crippen LogP contribution is -2.36. The van der Waals surface area contributed by atoms with Crippen molar-refractivity contribution in [3.05, 3.63) is 59.1 Å². The highest BCUT2D eigenvalue weighted by Gasteiger charge is 2.18. The van der Waals surface area contributed by atoms with Gasteiger partial charge in [0.25, 0.3) is 0 Å². The summed E-state index contributed by atoms with van der Waals surface area (Å²) in [5.74, 6) is 0.122. The third-order valence-electron chi connectivity index (χ3n) is 4.87. The summed E-state index contributed by atoms with van der Waals surface area (Å²) in [5, 5.41) is 3.77. The van der Waals surface area contributed by atoms with Crippen molar-refractivity contribution in [3.63, 3.8) is 0 Å². The van der Waals surface area contributed by atoms with Gasteiger partial charge in [0.1, 0.15) is 0 Å². The van der Waals surface area contributed by atoms with E-state index in [0.29, 0.717) is 0 Å². The normalized spacial score (nSPS) is 14.5. The van der Waals surface area contributed by atoms with Gasteiger partial charge >= 0.3 is 0 Å². The van der Waals surface area contributed by atoms with E-state index in [1.54, 1.807) is 11.8 Å². The SMILES string of the molecule is CC[C@H](Sc1ccc(Cl)cc1)C(=O)NCCCN1CCCc2ccccc21. The third kappa shape index (κ3) is 5.66. The van der Waals surface area contributed by atoms with Crippen molar-refractivity contribution in [1.29, 1.82) is 0 Å². The Balaban J connectivity index is 1.44. The number of nitrogens with zero attached hydrogens (tertiary/aromatic N) is 1. The minimum Gasteiger partial charge on any atom is -0.371 e. The smallest absolute Gasteiger partial charge is 0.233 e. The summed E-state index contributed by atoms with van der Waals surface area (Å²) in [6, 6.07) is 16.3. The van der Waals surface area contributed by atoms with Crippen LogP contribution in [0.1, 0.15) is 31.7 Å². The van der Waals surface area contributed by atoms with Crippen molar-refractivity contribution in [2.45, 2.75) is 42.8 Å². The number of halogens is 1. The summed E-state index contributed by atoms with van der Waals surface area (Å²) in [5.41, 5.74) is 2.80. The fourth-order valence-electron chi connectivity index (χ4n) is 3.44. The van der Waals surface area contributed by atoms with Gasteiger partial charge in [-0.1, -0.05) is 36.7 Å². The van der Waals surface area contributed by atoms with E-state index in [4.69, 9.17) is 11.6 Å². The van der Waals surface area contributed by atoms with Crippen molar-refractivity contribution < 1.29 is 4.79 Å². The molecule has 0 aliphatic carbocycles. The van der Waals surface area contributed by atoms with Gasteiger partial charge in [-0.25, -0.2) is 0 Å². The number of rotatable bonds is 8. The Bertz CT molecular complexity index is 750. The fourth-order valence-corrected chi connectivity index (χ4v) is 4.54.